The van der Waals surface area contributed by atoms with Gasteiger partial charge in [0, 0.05) is 6.42 Å². The molecule has 65 heavy (non-hydrogen) atoms. The van der Waals surface area contributed by atoms with E-state index in [0.717, 1.165) is 57.8 Å². The number of phosphoric acid groups is 1. The number of phosphoric ester groups is 1. The number of hydrogen-bond donors (Lipinski definition) is 2. The summed E-state index contributed by atoms with van der Waals surface area (Å²) >= 11 is 0. The SMILES string of the molecule is CC/C=C\C/C=C\C/C=C\C/C=C\C/C=C\C/C=C\CCC(=O)NC(COP(=O)([O-])OCC[N+](C)(C)C)C(O)CCCCCCCCCCCCCCCCCCCCCCCCCC. The van der Waals surface area contributed by atoms with Crippen LogP contribution < -0.4 is 10.2 Å². The van der Waals surface area contributed by atoms with E-state index in [2.05, 4.69) is 79.9 Å². The van der Waals surface area contributed by atoms with Crippen LogP contribution in [0.15, 0.2) is 72.9 Å². The van der Waals surface area contributed by atoms with Crippen molar-refractivity contribution in [3.8, 4) is 0 Å². The first-order valence-electron chi connectivity index (χ1n) is 26.8. The molecule has 1 amide bonds. The summed E-state index contributed by atoms with van der Waals surface area (Å²) in [5.41, 5.74) is 0. The molecule has 378 valence electrons. The molecule has 0 radical (unpaired) electrons. The Balaban J connectivity index is 4.32. The van der Waals surface area contributed by atoms with Crippen LogP contribution in [0.2, 0.25) is 0 Å². The third-order valence-corrected chi connectivity index (χ3v) is 12.7. The molecule has 3 unspecified atom stereocenters. The number of nitrogens with one attached hydrogen (secondary N) is 1. The summed E-state index contributed by atoms with van der Waals surface area (Å²) in [7, 11) is 1.25. The second-order valence-electron chi connectivity index (χ2n) is 19.2. The van der Waals surface area contributed by atoms with Gasteiger partial charge in [-0.15, -0.1) is 0 Å². The van der Waals surface area contributed by atoms with Gasteiger partial charge in [0.25, 0.3) is 7.82 Å². The molecule has 0 rings (SSSR count). The van der Waals surface area contributed by atoms with Crippen molar-refractivity contribution in [1.29, 1.82) is 0 Å². The highest BCUT2D eigenvalue weighted by Crippen LogP contribution is 2.38. The number of allylic oxidation sites excluding steroid dienone is 12. The van der Waals surface area contributed by atoms with E-state index in [9.17, 15) is 19.4 Å². The van der Waals surface area contributed by atoms with E-state index < -0.39 is 20.0 Å². The number of amides is 1. The molecule has 0 saturated carbocycles. The van der Waals surface area contributed by atoms with Crippen molar-refractivity contribution in [2.24, 2.45) is 0 Å². The second-order valence-corrected chi connectivity index (χ2v) is 20.6. The van der Waals surface area contributed by atoms with Crippen molar-refractivity contribution in [2.45, 2.75) is 238 Å². The lowest BCUT2D eigenvalue weighted by molar-refractivity contribution is -0.870. The normalized spacial score (nSPS) is 14.6. The van der Waals surface area contributed by atoms with Gasteiger partial charge in [-0.05, 0) is 51.4 Å². The van der Waals surface area contributed by atoms with Crippen LogP contribution in [0.4, 0.5) is 0 Å². The highest BCUT2D eigenvalue weighted by Gasteiger charge is 2.24. The maximum absolute atomic E-state index is 12.9. The van der Waals surface area contributed by atoms with Crippen molar-refractivity contribution in [3.05, 3.63) is 72.9 Å². The molecule has 9 heteroatoms. The molecule has 0 spiro atoms. The Morgan fingerprint density at radius 1 is 0.554 bits per heavy atom. The summed E-state index contributed by atoms with van der Waals surface area (Å²) in [6.07, 6.45) is 63.7. The Hall–Kier alpha value is -2.06. The predicted molar refractivity (Wildman–Crippen MR) is 279 cm³/mol. The third-order valence-electron chi connectivity index (χ3n) is 11.7. The number of unbranched alkanes of at least 4 members (excludes halogenated alkanes) is 23. The second kappa shape index (κ2) is 47.0. The predicted octanol–water partition coefficient (Wildman–Crippen LogP) is 15.3. The number of carbonyl (C=O) groups excluding carboxylic acids is 1. The van der Waals surface area contributed by atoms with Gasteiger partial charge in [0.15, 0.2) is 0 Å². The molecule has 8 nitrogen and oxygen atoms in total. The number of quaternary nitrogens is 1. The Morgan fingerprint density at radius 3 is 1.28 bits per heavy atom. The van der Waals surface area contributed by atoms with Gasteiger partial charge in [0.2, 0.25) is 5.91 Å². The summed E-state index contributed by atoms with van der Waals surface area (Å²) in [6.45, 7) is 4.56. The van der Waals surface area contributed by atoms with Gasteiger partial charge in [0.05, 0.1) is 39.9 Å². The molecule has 0 aliphatic carbocycles. The van der Waals surface area contributed by atoms with Crippen molar-refractivity contribution in [1.82, 2.24) is 5.32 Å². The summed E-state index contributed by atoms with van der Waals surface area (Å²) in [5, 5.41) is 13.9. The number of hydrogen-bond acceptors (Lipinski definition) is 6. The van der Waals surface area contributed by atoms with Gasteiger partial charge >= 0.3 is 0 Å². The van der Waals surface area contributed by atoms with Crippen LogP contribution >= 0.6 is 7.82 Å². The van der Waals surface area contributed by atoms with Crippen LogP contribution in [-0.2, 0) is 18.4 Å². The molecule has 0 aromatic carbocycles. The minimum absolute atomic E-state index is 0.00461. The quantitative estimate of drug-likeness (QED) is 0.0272. The highest BCUT2D eigenvalue weighted by molar-refractivity contribution is 7.45. The van der Waals surface area contributed by atoms with E-state index in [0.29, 0.717) is 23.9 Å². The first-order valence-corrected chi connectivity index (χ1v) is 28.2. The molecule has 0 heterocycles. The van der Waals surface area contributed by atoms with Crippen LogP contribution in [-0.4, -0.2) is 68.5 Å². The van der Waals surface area contributed by atoms with Crippen LogP contribution in [0.3, 0.4) is 0 Å². The van der Waals surface area contributed by atoms with E-state index in [4.69, 9.17) is 9.05 Å². The Bertz CT molecular complexity index is 1290. The minimum Gasteiger partial charge on any atom is -0.756 e. The maximum atomic E-state index is 12.9. The lowest BCUT2D eigenvalue weighted by atomic mass is 10.0. The zero-order valence-corrected chi connectivity index (χ0v) is 43.8. The third kappa shape index (κ3) is 49.7. The Kier molecular flexibility index (Phi) is 45.5. The largest absolute Gasteiger partial charge is 0.756 e. The van der Waals surface area contributed by atoms with Crippen molar-refractivity contribution in [3.63, 3.8) is 0 Å². The van der Waals surface area contributed by atoms with Crippen LogP contribution in [0.5, 0.6) is 0 Å². The van der Waals surface area contributed by atoms with Gasteiger partial charge < -0.3 is 28.8 Å². The summed E-state index contributed by atoms with van der Waals surface area (Å²) in [4.78, 5) is 25.4. The van der Waals surface area contributed by atoms with E-state index in [1.165, 1.54) is 135 Å². The number of aliphatic hydroxyl groups excluding tert-OH is 1. The van der Waals surface area contributed by atoms with Crippen molar-refractivity contribution >= 4 is 13.7 Å². The van der Waals surface area contributed by atoms with Crippen molar-refractivity contribution in [2.75, 3.05) is 40.9 Å². The van der Waals surface area contributed by atoms with E-state index in [1.807, 2.05) is 33.3 Å². The summed E-state index contributed by atoms with van der Waals surface area (Å²) in [6, 6.07) is -0.846. The molecule has 0 saturated heterocycles. The first-order chi connectivity index (χ1) is 31.5. The van der Waals surface area contributed by atoms with Gasteiger partial charge in [-0.1, -0.05) is 241 Å². The number of likely N-dealkylation sites (N-methyl/N-ethyl adjacent to an activating group) is 1. The van der Waals surface area contributed by atoms with E-state index in [-0.39, 0.29) is 25.5 Å². The Morgan fingerprint density at radius 2 is 0.908 bits per heavy atom. The van der Waals surface area contributed by atoms with E-state index >= 15 is 0 Å². The molecule has 3 atom stereocenters. The zero-order chi connectivity index (χ0) is 47.8. The lowest BCUT2D eigenvalue weighted by Gasteiger charge is -2.30. The first kappa shape index (κ1) is 62.9. The molecule has 0 aromatic rings. The molecule has 0 fully saturated rings. The van der Waals surface area contributed by atoms with Gasteiger partial charge in [0.1, 0.15) is 13.2 Å². The number of carbonyl (C=O) groups is 1. The lowest BCUT2D eigenvalue weighted by Crippen LogP contribution is -2.46. The average molecular weight is 931 g/mol. The summed E-state index contributed by atoms with van der Waals surface area (Å²) < 4.78 is 23.3. The average Bonchev–Trinajstić information content (AvgIpc) is 3.26. The maximum Gasteiger partial charge on any atom is 0.268 e. The molecular weight excluding hydrogens is 828 g/mol. The fraction of sp³-hybridized carbons (Fsp3) is 0.768. The minimum atomic E-state index is -4.60. The van der Waals surface area contributed by atoms with Gasteiger partial charge in [-0.3, -0.25) is 9.36 Å². The number of aliphatic hydroxyl groups is 1. The highest BCUT2D eigenvalue weighted by atomic mass is 31.2. The number of nitrogens with zero attached hydrogens (tertiary/aromatic N) is 1. The molecule has 0 aromatic heterocycles. The topological polar surface area (TPSA) is 108 Å². The fourth-order valence-electron chi connectivity index (χ4n) is 7.53. The zero-order valence-electron chi connectivity index (χ0n) is 42.9. The molecule has 2 N–H and O–H groups in total. The van der Waals surface area contributed by atoms with Gasteiger partial charge in [-0.25, -0.2) is 0 Å². The van der Waals surface area contributed by atoms with Gasteiger partial charge in [-0.2, -0.15) is 0 Å². The molecule has 0 aliphatic rings. The smallest absolute Gasteiger partial charge is 0.268 e. The molecule has 0 bridgehead atoms. The molecule has 0 aliphatic heterocycles. The van der Waals surface area contributed by atoms with E-state index in [1.54, 1.807) is 0 Å². The monoisotopic (exact) mass is 931 g/mol. The standard InChI is InChI=1S/C56H103N2O6P/c1-6-8-10-12-14-16-18-20-22-24-26-27-28-29-30-32-33-35-37-39-41-43-45-47-49-55(59)54(53-64-65(61,62)63-52-51-58(3,4)5)57-56(60)50-48-46-44-42-40-38-36-34-31-25-23-21-19-17-15-13-11-9-7-2/h9,11,15,17,21,23,31,34,38,40,44,46,54-55,59H,6-8,10,12-14,16,18-20,22,24-30,32-33,35-37,39,41-43,45,47-53H2,1-5H3,(H-,57,60,61,62)/b11-9-,17-15-,23-21-,34-31-,40-38-,46-44-. The number of rotatable bonds is 48. The molecular formula is C56H103N2O6P. The fourth-order valence-corrected chi connectivity index (χ4v) is 8.26. The summed E-state index contributed by atoms with van der Waals surface area (Å²) in [5.74, 6) is -0.247. The van der Waals surface area contributed by atoms with Crippen molar-refractivity contribution < 1.29 is 32.9 Å². The van der Waals surface area contributed by atoms with Crippen LogP contribution in [0, 0.1) is 0 Å². The van der Waals surface area contributed by atoms with Crippen LogP contribution in [0.1, 0.15) is 226 Å². The Labute approximate surface area is 402 Å². The van der Waals surface area contributed by atoms with Crippen LogP contribution in [0.25, 0.3) is 0 Å².